The Kier molecular flexibility index (Phi) is 2.92. The second-order valence-electron chi connectivity index (χ2n) is 3.18. The maximum absolute atomic E-state index is 12.9. The van der Waals surface area contributed by atoms with Gasteiger partial charge in [-0.3, -0.25) is 0 Å². The average molecular weight is 217 g/mol. The summed E-state index contributed by atoms with van der Waals surface area (Å²) in [5, 5.41) is 12.1. The van der Waals surface area contributed by atoms with Crippen molar-refractivity contribution >= 4 is 0 Å². The largest absolute Gasteiger partial charge is 0.339 e. The predicted molar refractivity (Wildman–Crippen MR) is 53.6 cm³/mol. The molecule has 2 aromatic rings. The van der Waals surface area contributed by atoms with E-state index in [0.29, 0.717) is 30.1 Å². The van der Waals surface area contributed by atoms with Crippen LogP contribution in [0.1, 0.15) is 12.3 Å². The summed E-state index contributed by atoms with van der Waals surface area (Å²) < 4.78 is 17.9. The molecule has 0 aliphatic rings. The maximum atomic E-state index is 12.9. The molecule has 1 aromatic heterocycles. The molecule has 0 radical (unpaired) electrons. The molecule has 0 atom stereocenters. The molecule has 0 bridgehead atoms. The van der Waals surface area contributed by atoms with Crippen molar-refractivity contribution in [2.24, 2.45) is 0 Å². The van der Waals surface area contributed by atoms with Crippen molar-refractivity contribution in [2.45, 2.75) is 12.8 Å². The number of nitrogens with zero attached hydrogens (tertiary/aromatic N) is 3. The number of aryl methyl sites for hydroxylation is 1. The summed E-state index contributed by atoms with van der Waals surface area (Å²) in [5.41, 5.74) is 0.562. The van der Waals surface area contributed by atoms with Crippen molar-refractivity contribution in [3.8, 4) is 17.5 Å². The molecular weight excluding hydrogens is 209 g/mol. The van der Waals surface area contributed by atoms with E-state index in [-0.39, 0.29) is 5.82 Å². The zero-order chi connectivity index (χ0) is 11.4. The minimum absolute atomic E-state index is 0.324. The number of benzene rings is 1. The summed E-state index contributed by atoms with van der Waals surface area (Å²) in [5.74, 6) is 0.383. The van der Waals surface area contributed by atoms with Crippen LogP contribution in [0, 0.1) is 17.1 Å². The highest BCUT2D eigenvalue weighted by atomic mass is 19.1. The normalized spacial score (nSPS) is 10.0. The summed E-state index contributed by atoms with van der Waals surface area (Å²) >= 11 is 0. The van der Waals surface area contributed by atoms with Gasteiger partial charge in [-0.1, -0.05) is 17.3 Å². The van der Waals surface area contributed by atoms with Crippen LogP contribution in [0.15, 0.2) is 28.8 Å². The van der Waals surface area contributed by atoms with Crippen LogP contribution in [-0.2, 0) is 6.42 Å². The first-order valence-corrected chi connectivity index (χ1v) is 4.75. The fraction of sp³-hybridized carbons (Fsp3) is 0.182. The monoisotopic (exact) mass is 217 g/mol. The van der Waals surface area contributed by atoms with Gasteiger partial charge in [0.15, 0.2) is 0 Å². The van der Waals surface area contributed by atoms with Crippen LogP contribution in [0.25, 0.3) is 11.4 Å². The molecule has 2 rings (SSSR count). The van der Waals surface area contributed by atoms with Gasteiger partial charge in [-0.05, 0) is 12.1 Å². The lowest BCUT2D eigenvalue weighted by molar-refractivity contribution is 0.380. The van der Waals surface area contributed by atoms with Gasteiger partial charge < -0.3 is 4.52 Å². The van der Waals surface area contributed by atoms with E-state index in [2.05, 4.69) is 10.1 Å². The van der Waals surface area contributed by atoms with Crippen LogP contribution in [-0.4, -0.2) is 10.1 Å². The van der Waals surface area contributed by atoms with Crippen molar-refractivity contribution in [3.05, 3.63) is 36.0 Å². The Morgan fingerprint density at radius 2 is 2.31 bits per heavy atom. The second-order valence-corrected chi connectivity index (χ2v) is 3.18. The molecule has 1 heterocycles. The summed E-state index contributed by atoms with van der Waals surface area (Å²) in [6, 6.07) is 7.94. The number of halogens is 1. The first kappa shape index (κ1) is 10.3. The average Bonchev–Trinajstić information content (AvgIpc) is 2.75. The first-order chi connectivity index (χ1) is 7.79. The van der Waals surface area contributed by atoms with E-state index in [4.69, 9.17) is 9.78 Å². The van der Waals surface area contributed by atoms with Crippen molar-refractivity contribution < 1.29 is 8.91 Å². The Hall–Kier alpha value is -2.22. The smallest absolute Gasteiger partial charge is 0.227 e. The fourth-order valence-electron chi connectivity index (χ4n) is 1.26. The van der Waals surface area contributed by atoms with Gasteiger partial charge in [-0.25, -0.2) is 4.39 Å². The highest BCUT2D eigenvalue weighted by molar-refractivity contribution is 5.53. The predicted octanol–water partition coefficient (Wildman–Crippen LogP) is 2.33. The highest BCUT2D eigenvalue weighted by Gasteiger charge is 2.08. The maximum Gasteiger partial charge on any atom is 0.227 e. The fourth-order valence-corrected chi connectivity index (χ4v) is 1.26. The minimum atomic E-state index is -0.346. The molecule has 0 amide bonds. The molecule has 0 aliphatic heterocycles. The highest BCUT2D eigenvalue weighted by Crippen LogP contribution is 2.16. The van der Waals surface area contributed by atoms with Crippen LogP contribution >= 0.6 is 0 Å². The zero-order valence-electron chi connectivity index (χ0n) is 8.35. The van der Waals surface area contributed by atoms with E-state index in [1.54, 1.807) is 12.1 Å². The third-order valence-corrected chi connectivity index (χ3v) is 2.00. The van der Waals surface area contributed by atoms with Gasteiger partial charge >= 0.3 is 0 Å². The number of hydrogen-bond acceptors (Lipinski definition) is 4. The van der Waals surface area contributed by atoms with E-state index in [0.717, 1.165) is 0 Å². The van der Waals surface area contributed by atoms with E-state index in [1.807, 2.05) is 6.07 Å². The minimum Gasteiger partial charge on any atom is -0.339 e. The lowest BCUT2D eigenvalue weighted by atomic mass is 10.2. The van der Waals surface area contributed by atoms with E-state index in [1.165, 1.54) is 12.1 Å². The Labute approximate surface area is 91.3 Å². The summed E-state index contributed by atoms with van der Waals surface area (Å²) in [7, 11) is 0. The van der Waals surface area contributed by atoms with Gasteiger partial charge in [-0.2, -0.15) is 10.2 Å². The number of rotatable bonds is 3. The van der Waals surface area contributed by atoms with E-state index in [9.17, 15) is 4.39 Å². The summed E-state index contributed by atoms with van der Waals surface area (Å²) in [4.78, 5) is 4.06. The number of aromatic nitrogens is 2. The molecule has 1 aromatic carbocycles. The molecule has 5 heteroatoms. The number of hydrogen-bond donors (Lipinski definition) is 0. The Balaban J connectivity index is 2.22. The van der Waals surface area contributed by atoms with Gasteiger partial charge in [-0.15, -0.1) is 0 Å². The van der Waals surface area contributed by atoms with Gasteiger partial charge in [0.25, 0.3) is 0 Å². The molecule has 0 aliphatic carbocycles. The molecule has 0 saturated carbocycles. The second kappa shape index (κ2) is 4.53. The molecule has 0 spiro atoms. The molecule has 0 N–H and O–H groups in total. The van der Waals surface area contributed by atoms with Crippen LogP contribution in [0.5, 0.6) is 0 Å². The van der Waals surface area contributed by atoms with Crippen LogP contribution in [0.3, 0.4) is 0 Å². The van der Waals surface area contributed by atoms with Gasteiger partial charge in [0.2, 0.25) is 11.7 Å². The lowest BCUT2D eigenvalue weighted by Crippen LogP contribution is -1.85. The van der Waals surface area contributed by atoms with Gasteiger partial charge in [0.1, 0.15) is 5.82 Å². The van der Waals surface area contributed by atoms with Gasteiger partial charge in [0.05, 0.1) is 6.07 Å². The van der Waals surface area contributed by atoms with Gasteiger partial charge in [0, 0.05) is 18.4 Å². The first-order valence-electron chi connectivity index (χ1n) is 4.75. The molecule has 0 unspecified atom stereocenters. The molecular formula is C11H8FN3O. The molecule has 0 fully saturated rings. The van der Waals surface area contributed by atoms with E-state index < -0.39 is 0 Å². The van der Waals surface area contributed by atoms with Crippen LogP contribution < -0.4 is 0 Å². The summed E-state index contributed by atoms with van der Waals surface area (Å²) in [6.07, 6.45) is 0.740. The van der Waals surface area contributed by atoms with Crippen LogP contribution in [0.2, 0.25) is 0 Å². The number of nitriles is 1. The summed E-state index contributed by atoms with van der Waals surface area (Å²) in [6.45, 7) is 0. The molecule has 80 valence electrons. The molecule has 16 heavy (non-hydrogen) atoms. The standard InChI is InChI=1S/C11H8FN3O/c12-9-4-1-3-8(7-9)11-14-10(16-15-11)5-2-6-13/h1,3-4,7H,2,5H2. The topological polar surface area (TPSA) is 62.7 Å². The molecule has 4 nitrogen and oxygen atoms in total. The SMILES string of the molecule is N#CCCc1nc(-c2cccc(F)c2)no1. The third-order valence-electron chi connectivity index (χ3n) is 2.00. The van der Waals surface area contributed by atoms with Crippen molar-refractivity contribution in [2.75, 3.05) is 0 Å². The van der Waals surface area contributed by atoms with E-state index >= 15 is 0 Å². The Morgan fingerprint density at radius 3 is 3.06 bits per heavy atom. The zero-order valence-corrected chi connectivity index (χ0v) is 8.35. The van der Waals surface area contributed by atoms with Crippen LogP contribution in [0.4, 0.5) is 4.39 Å². The van der Waals surface area contributed by atoms with Crippen molar-refractivity contribution in [1.82, 2.24) is 10.1 Å². The molecule has 0 saturated heterocycles. The third kappa shape index (κ3) is 2.23. The lowest BCUT2D eigenvalue weighted by Gasteiger charge is -1.92. The Bertz CT molecular complexity index is 530. The Morgan fingerprint density at radius 1 is 1.44 bits per heavy atom. The van der Waals surface area contributed by atoms with Crippen molar-refractivity contribution in [3.63, 3.8) is 0 Å². The quantitative estimate of drug-likeness (QED) is 0.791. The van der Waals surface area contributed by atoms with Crippen molar-refractivity contribution in [1.29, 1.82) is 5.26 Å².